The molecule has 0 radical (unpaired) electrons. The third kappa shape index (κ3) is 4.36. The highest BCUT2D eigenvalue weighted by Gasteiger charge is 2.30. The number of aliphatic hydroxyl groups excluding tert-OH is 1. The van der Waals surface area contributed by atoms with E-state index in [9.17, 15) is 10.2 Å². The zero-order valence-corrected chi connectivity index (χ0v) is 13.9. The molecule has 0 aliphatic rings. The van der Waals surface area contributed by atoms with E-state index in [1.807, 2.05) is 26.8 Å². The van der Waals surface area contributed by atoms with Crippen molar-refractivity contribution in [3.63, 3.8) is 0 Å². The molecule has 4 heteroatoms. The predicted octanol–water partition coefficient (Wildman–Crippen LogP) is 4.65. The summed E-state index contributed by atoms with van der Waals surface area (Å²) in [5.41, 5.74) is 0.241. The summed E-state index contributed by atoms with van der Waals surface area (Å²) in [5.74, 6) is 0.0352. The summed E-state index contributed by atoms with van der Waals surface area (Å²) in [7, 11) is 0. The summed E-state index contributed by atoms with van der Waals surface area (Å²) < 4.78 is 0. The largest absolute Gasteiger partial charge is 0.396 e. The first-order chi connectivity index (χ1) is 9.36. The second-order valence-electron chi connectivity index (χ2n) is 5.53. The molecule has 0 saturated carbocycles. The van der Waals surface area contributed by atoms with Crippen molar-refractivity contribution < 1.29 is 10.2 Å². The molecule has 0 fully saturated rings. The van der Waals surface area contributed by atoms with Gasteiger partial charge in [0.15, 0.2) is 0 Å². The Morgan fingerprint density at radius 2 is 1.80 bits per heavy atom. The van der Waals surface area contributed by atoms with Crippen molar-refractivity contribution in [3.8, 4) is 0 Å². The monoisotopic (exact) mass is 318 g/mol. The van der Waals surface area contributed by atoms with Crippen LogP contribution in [-0.2, 0) is 0 Å². The maximum absolute atomic E-state index is 10.5. The van der Waals surface area contributed by atoms with Gasteiger partial charge < -0.3 is 10.2 Å². The minimum Gasteiger partial charge on any atom is -0.396 e. The van der Waals surface area contributed by atoms with E-state index in [4.69, 9.17) is 23.2 Å². The van der Waals surface area contributed by atoms with Crippen molar-refractivity contribution in [1.29, 1.82) is 0 Å². The van der Waals surface area contributed by atoms with E-state index < -0.39 is 5.60 Å². The molecule has 2 unspecified atom stereocenters. The van der Waals surface area contributed by atoms with Crippen LogP contribution in [0.15, 0.2) is 18.2 Å². The molecule has 2 nitrogen and oxygen atoms in total. The van der Waals surface area contributed by atoms with Gasteiger partial charge in [-0.1, -0.05) is 50.0 Å². The molecular weight excluding hydrogens is 295 g/mol. The molecule has 2 atom stereocenters. The molecule has 1 aromatic carbocycles. The number of aliphatic hydroxyl groups is 2. The average Bonchev–Trinajstić information content (AvgIpc) is 2.44. The molecule has 0 aliphatic carbocycles. The van der Waals surface area contributed by atoms with Crippen LogP contribution in [0, 0.1) is 5.92 Å². The Bertz CT molecular complexity index is 430. The molecule has 1 rings (SSSR count). The van der Waals surface area contributed by atoms with Crippen LogP contribution >= 0.6 is 23.2 Å². The lowest BCUT2D eigenvalue weighted by atomic mass is 9.78. The quantitative estimate of drug-likeness (QED) is 0.768. The molecule has 20 heavy (non-hydrogen) atoms. The smallest absolute Gasteiger partial charge is 0.0646 e. The van der Waals surface area contributed by atoms with Gasteiger partial charge in [-0.05, 0) is 48.8 Å². The molecule has 0 aliphatic heterocycles. The second kappa shape index (κ2) is 7.65. The van der Waals surface area contributed by atoms with Crippen LogP contribution in [0.25, 0.3) is 0 Å². The van der Waals surface area contributed by atoms with E-state index in [0.717, 1.165) is 5.56 Å². The third-order valence-corrected chi connectivity index (χ3v) is 4.92. The third-order valence-electron chi connectivity index (χ3n) is 4.35. The van der Waals surface area contributed by atoms with E-state index >= 15 is 0 Å². The van der Waals surface area contributed by atoms with Gasteiger partial charge in [0.05, 0.1) is 5.60 Å². The standard InChI is InChI=1S/C16H24Cl2O2/c1-4-16(20,5-2)9-12(10-19)11(3)14-7-6-13(17)8-15(14)18/h6-8,11-12,19-20H,4-5,9-10H2,1-3H3. The minimum atomic E-state index is -0.722. The van der Waals surface area contributed by atoms with E-state index in [0.29, 0.717) is 29.3 Å². The van der Waals surface area contributed by atoms with Crippen LogP contribution in [0.2, 0.25) is 10.0 Å². The summed E-state index contributed by atoms with van der Waals surface area (Å²) in [4.78, 5) is 0. The van der Waals surface area contributed by atoms with Gasteiger partial charge in [0.1, 0.15) is 0 Å². The summed E-state index contributed by atoms with van der Waals surface area (Å²) in [6, 6.07) is 5.42. The van der Waals surface area contributed by atoms with Gasteiger partial charge in [-0.15, -0.1) is 0 Å². The molecule has 0 amide bonds. The summed E-state index contributed by atoms with van der Waals surface area (Å²) in [6.45, 7) is 6.00. The fraction of sp³-hybridized carbons (Fsp3) is 0.625. The van der Waals surface area contributed by atoms with Gasteiger partial charge >= 0.3 is 0 Å². The normalized spacial score (nSPS) is 15.2. The lowest BCUT2D eigenvalue weighted by molar-refractivity contribution is -0.00459. The lowest BCUT2D eigenvalue weighted by Gasteiger charge is -2.32. The van der Waals surface area contributed by atoms with Crippen LogP contribution in [0.5, 0.6) is 0 Å². The molecule has 0 bridgehead atoms. The molecule has 2 N–H and O–H groups in total. The fourth-order valence-corrected chi connectivity index (χ4v) is 3.13. The van der Waals surface area contributed by atoms with Crippen LogP contribution in [-0.4, -0.2) is 22.4 Å². The van der Waals surface area contributed by atoms with Gasteiger partial charge in [0.25, 0.3) is 0 Å². The number of benzene rings is 1. The maximum Gasteiger partial charge on any atom is 0.0646 e. The van der Waals surface area contributed by atoms with Crippen molar-refractivity contribution in [3.05, 3.63) is 33.8 Å². The molecular formula is C16H24Cl2O2. The van der Waals surface area contributed by atoms with Gasteiger partial charge in [0, 0.05) is 16.7 Å². The molecule has 0 heterocycles. The number of rotatable bonds is 7. The van der Waals surface area contributed by atoms with E-state index in [1.165, 1.54) is 0 Å². The van der Waals surface area contributed by atoms with Crippen LogP contribution in [0.1, 0.15) is 51.5 Å². The zero-order valence-electron chi connectivity index (χ0n) is 12.4. The van der Waals surface area contributed by atoms with Crippen molar-refractivity contribution >= 4 is 23.2 Å². The van der Waals surface area contributed by atoms with Crippen molar-refractivity contribution in [2.24, 2.45) is 5.92 Å². The van der Waals surface area contributed by atoms with Crippen molar-refractivity contribution in [2.45, 2.75) is 51.6 Å². The Balaban J connectivity index is 2.94. The molecule has 1 aromatic rings. The summed E-state index contributed by atoms with van der Waals surface area (Å²) >= 11 is 12.1. The maximum atomic E-state index is 10.5. The molecule has 0 saturated heterocycles. The zero-order chi connectivity index (χ0) is 15.3. The van der Waals surface area contributed by atoms with E-state index in [2.05, 4.69) is 0 Å². The van der Waals surface area contributed by atoms with Crippen molar-refractivity contribution in [2.75, 3.05) is 6.61 Å². The van der Waals surface area contributed by atoms with E-state index in [1.54, 1.807) is 12.1 Å². The SMILES string of the molecule is CCC(O)(CC)CC(CO)C(C)c1ccc(Cl)cc1Cl. The first-order valence-corrected chi connectivity index (χ1v) is 7.90. The number of hydrogen-bond acceptors (Lipinski definition) is 2. The highest BCUT2D eigenvalue weighted by Crippen LogP contribution is 2.36. The Hall–Kier alpha value is -0.280. The second-order valence-corrected chi connectivity index (χ2v) is 6.38. The number of halogens is 2. The molecule has 0 spiro atoms. The van der Waals surface area contributed by atoms with Gasteiger partial charge in [-0.2, -0.15) is 0 Å². The first-order valence-electron chi connectivity index (χ1n) is 7.15. The highest BCUT2D eigenvalue weighted by atomic mass is 35.5. The van der Waals surface area contributed by atoms with Gasteiger partial charge in [-0.25, -0.2) is 0 Å². The first kappa shape index (κ1) is 17.8. The average molecular weight is 319 g/mol. The van der Waals surface area contributed by atoms with Crippen LogP contribution < -0.4 is 0 Å². The topological polar surface area (TPSA) is 40.5 Å². The predicted molar refractivity (Wildman–Crippen MR) is 85.6 cm³/mol. The van der Waals surface area contributed by atoms with Gasteiger partial charge in [0.2, 0.25) is 0 Å². The molecule has 0 aromatic heterocycles. The van der Waals surface area contributed by atoms with Crippen LogP contribution in [0.4, 0.5) is 0 Å². The fourth-order valence-electron chi connectivity index (χ4n) is 2.55. The van der Waals surface area contributed by atoms with Crippen molar-refractivity contribution in [1.82, 2.24) is 0 Å². The van der Waals surface area contributed by atoms with E-state index in [-0.39, 0.29) is 18.4 Å². The van der Waals surface area contributed by atoms with Gasteiger partial charge in [-0.3, -0.25) is 0 Å². The minimum absolute atomic E-state index is 0.0291. The Labute approximate surface area is 131 Å². The highest BCUT2D eigenvalue weighted by molar-refractivity contribution is 6.35. The lowest BCUT2D eigenvalue weighted by Crippen LogP contribution is -2.33. The summed E-state index contributed by atoms with van der Waals surface area (Å²) in [6.07, 6.45) is 1.93. The Morgan fingerprint density at radius 1 is 1.20 bits per heavy atom. The number of hydrogen-bond donors (Lipinski definition) is 2. The van der Waals surface area contributed by atoms with Crippen LogP contribution in [0.3, 0.4) is 0 Å². The Kier molecular flexibility index (Phi) is 6.80. The summed E-state index contributed by atoms with van der Waals surface area (Å²) in [5, 5.41) is 21.4. The Morgan fingerprint density at radius 3 is 2.25 bits per heavy atom. The molecule has 114 valence electrons.